The second-order valence-electron chi connectivity index (χ2n) is 2.69. The number of rotatable bonds is 1. The summed E-state index contributed by atoms with van der Waals surface area (Å²) in [6, 6.07) is 4.96. The van der Waals surface area contributed by atoms with Crippen LogP contribution in [0.4, 0.5) is 4.39 Å². The summed E-state index contributed by atoms with van der Waals surface area (Å²) in [5.41, 5.74) is 1.56. The molecule has 0 amide bonds. The van der Waals surface area contributed by atoms with Gasteiger partial charge >= 0.3 is 0 Å². The number of fused-ring (bicyclic) bond motifs is 1. The van der Waals surface area contributed by atoms with E-state index < -0.39 is 0 Å². The molecule has 0 aliphatic rings. The fourth-order valence-corrected chi connectivity index (χ4v) is 1.35. The number of hydrogen-bond acceptors (Lipinski definition) is 1. The van der Waals surface area contributed by atoms with E-state index in [9.17, 15) is 4.39 Å². The van der Waals surface area contributed by atoms with Gasteiger partial charge in [0, 0.05) is 0 Å². The molecule has 0 fully saturated rings. The highest BCUT2D eigenvalue weighted by Gasteiger charge is 2.07. The Morgan fingerprint density at radius 1 is 1.50 bits per heavy atom. The van der Waals surface area contributed by atoms with Gasteiger partial charge in [-0.1, -0.05) is 13.0 Å². The molecular weight excluding hydrogens is 155 g/mol. The molecule has 1 heterocycles. The van der Waals surface area contributed by atoms with Crippen LogP contribution in [0.2, 0.25) is 0 Å². The van der Waals surface area contributed by atoms with Crippen molar-refractivity contribution in [3.05, 3.63) is 29.7 Å². The van der Waals surface area contributed by atoms with Crippen molar-refractivity contribution in [2.45, 2.75) is 13.3 Å². The highest BCUT2D eigenvalue weighted by molar-refractivity contribution is 5.81. The second kappa shape index (κ2) is 2.59. The lowest BCUT2D eigenvalue weighted by molar-refractivity contribution is 0.639. The molecule has 2 nitrogen and oxygen atoms in total. The average Bonchev–Trinajstić information content (AvgIpc) is 2.49. The smallest absolute Gasteiger partial charge is 0.134 e. The summed E-state index contributed by atoms with van der Waals surface area (Å²) in [6.07, 6.45) is 0.751. The number of aryl methyl sites for hydroxylation is 1. The van der Waals surface area contributed by atoms with Gasteiger partial charge in [-0.15, -0.1) is 0 Å². The summed E-state index contributed by atoms with van der Waals surface area (Å²) in [6.45, 7) is 1.96. The number of nitrogens with one attached hydrogen (secondary N) is 1. The van der Waals surface area contributed by atoms with Crippen LogP contribution in [0, 0.1) is 5.82 Å². The molecule has 0 aliphatic carbocycles. The van der Waals surface area contributed by atoms with Gasteiger partial charge in [0.15, 0.2) is 0 Å². The molecule has 2 aromatic rings. The highest BCUT2D eigenvalue weighted by atomic mass is 19.1. The van der Waals surface area contributed by atoms with Gasteiger partial charge in [0.25, 0.3) is 0 Å². The molecule has 0 saturated heterocycles. The Hall–Kier alpha value is -1.38. The number of aromatic nitrogens is 2. The fourth-order valence-electron chi connectivity index (χ4n) is 1.35. The number of H-pyrrole nitrogens is 1. The Kier molecular flexibility index (Phi) is 1.57. The van der Waals surface area contributed by atoms with Gasteiger partial charge in [-0.3, -0.25) is 5.10 Å². The standard InChI is InChI=1S/C9H9FN2/c1-2-7-9-6(10)4-3-5-8(9)12-11-7/h3-5H,2H2,1H3,(H,11,12). The Morgan fingerprint density at radius 2 is 2.33 bits per heavy atom. The molecule has 0 unspecified atom stereocenters. The Bertz CT molecular complexity index is 406. The molecule has 0 radical (unpaired) electrons. The summed E-state index contributed by atoms with van der Waals surface area (Å²) < 4.78 is 13.2. The van der Waals surface area contributed by atoms with Gasteiger partial charge in [0.05, 0.1) is 16.6 Å². The van der Waals surface area contributed by atoms with E-state index in [-0.39, 0.29) is 5.82 Å². The van der Waals surface area contributed by atoms with Gasteiger partial charge in [-0.05, 0) is 18.6 Å². The Morgan fingerprint density at radius 3 is 3.08 bits per heavy atom. The number of aromatic amines is 1. The zero-order chi connectivity index (χ0) is 8.55. The van der Waals surface area contributed by atoms with Gasteiger partial charge < -0.3 is 0 Å². The molecule has 0 aliphatic heterocycles. The van der Waals surface area contributed by atoms with Crippen LogP contribution in [-0.4, -0.2) is 10.2 Å². The lowest BCUT2D eigenvalue weighted by atomic mass is 10.2. The lowest BCUT2D eigenvalue weighted by Gasteiger charge is -1.92. The molecule has 2 rings (SSSR count). The summed E-state index contributed by atoms with van der Waals surface area (Å²) in [7, 11) is 0. The first-order valence-electron chi connectivity index (χ1n) is 3.94. The van der Waals surface area contributed by atoms with E-state index in [1.165, 1.54) is 6.07 Å². The van der Waals surface area contributed by atoms with Crippen molar-refractivity contribution < 1.29 is 4.39 Å². The van der Waals surface area contributed by atoms with Crippen LogP contribution < -0.4 is 0 Å². The van der Waals surface area contributed by atoms with E-state index in [0.717, 1.165) is 17.6 Å². The fraction of sp³-hybridized carbons (Fsp3) is 0.222. The molecule has 0 atom stereocenters. The number of benzene rings is 1. The predicted molar refractivity (Wildman–Crippen MR) is 45.4 cm³/mol. The molecule has 0 spiro atoms. The van der Waals surface area contributed by atoms with E-state index in [1.807, 2.05) is 13.0 Å². The normalized spacial score (nSPS) is 10.8. The molecule has 3 heteroatoms. The predicted octanol–water partition coefficient (Wildman–Crippen LogP) is 2.26. The van der Waals surface area contributed by atoms with Crippen molar-refractivity contribution in [1.82, 2.24) is 10.2 Å². The van der Waals surface area contributed by atoms with Crippen LogP contribution >= 0.6 is 0 Å². The Balaban J connectivity index is 2.83. The minimum Gasteiger partial charge on any atom is -0.277 e. The van der Waals surface area contributed by atoms with E-state index in [0.29, 0.717) is 5.39 Å². The first kappa shape index (κ1) is 7.28. The third-order valence-corrected chi connectivity index (χ3v) is 1.95. The van der Waals surface area contributed by atoms with Gasteiger partial charge in [0.2, 0.25) is 0 Å². The molecule has 12 heavy (non-hydrogen) atoms. The van der Waals surface area contributed by atoms with E-state index in [4.69, 9.17) is 0 Å². The largest absolute Gasteiger partial charge is 0.277 e. The zero-order valence-corrected chi connectivity index (χ0v) is 6.76. The third-order valence-electron chi connectivity index (χ3n) is 1.95. The summed E-state index contributed by atoms with van der Waals surface area (Å²) in [4.78, 5) is 0. The van der Waals surface area contributed by atoms with E-state index in [1.54, 1.807) is 6.07 Å². The van der Waals surface area contributed by atoms with Crippen LogP contribution in [0.25, 0.3) is 10.9 Å². The topological polar surface area (TPSA) is 28.7 Å². The number of hydrogen-bond donors (Lipinski definition) is 1. The van der Waals surface area contributed by atoms with Crippen molar-refractivity contribution in [2.24, 2.45) is 0 Å². The van der Waals surface area contributed by atoms with Crippen LogP contribution in [-0.2, 0) is 6.42 Å². The summed E-state index contributed by atoms with van der Waals surface area (Å²) >= 11 is 0. The molecule has 1 aromatic carbocycles. The summed E-state index contributed by atoms with van der Waals surface area (Å²) in [5.74, 6) is -0.196. The summed E-state index contributed by atoms with van der Waals surface area (Å²) in [5, 5.41) is 7.42. The molecule has 0 bridgehead atoms. The first-order chi connectivity index (χ1) is 5.83. The Labute approximate surface area is 69.4 Å². The quantitative estimate of drug-likeness (QED) is 0.688. The van der Waals surface area contributed by atoms with Crippen LogP contribution in [0.15, 0.2) is 18.2 Å². The van der Waals surface area contributed by atoms with Crippen molar-refractivity contribution in [3.8, 4) is 0 Å². The molecule has 62 valence electrons. The van der Waals surface area contributed by atoms with E-state index in [2.05, 4.69) is 10.2 Å². The lowest BCUT2D eigenvalue weighted by Crippen LogP contribution is -1.82. The SMILES string of the molecule is CCc1n[nH]c2cccc(F)c12. The van der Waals surface area contributed by atoms with Gasteiger partial charge in [0.1, 0.15) is 5.82 Å². The van der Waals surface area contributed by atoms with Crippen LogP contribution in [0.5, 0.6) is 0 Å². The minimum absolute atomic E-state index is 0.196. The molecule has 0 saturated carbocycles. The maximum Gasteiger partial charge on any atom is 0.134 e. The highest BCUT2D eigenvalue weighted by Crippen LogP contribution is 2.19. The van der Waals surface area contributed by atoms with Crippen molar-refractivity contribution in [1.29, 1.82) is 0 Å². The average molecular weight is 164 g/mol. The van der Waals surface area contributed by atoms with Crippen LogP contribution in [0.1, 0.15) is 12.6 Å². The van der Waals surface area contributed by atoms with Crippen molar-refractivity contribution in [3.63, 3.8) is 0 Å². The molecule has 1 N–H and O–H groups in total. The maximum absolute atomic E-state index is 13.2. The monoisotopic (exact) mass is 164 g/mol. The van der Waals surface area contributed by atoms with Gasteiger partial charge in [-0.25, -0.2) is 4.39 Å². The maximum atomic E-state index is 13.2. The second-order valence-corrected chi connectivity index (χ2v) is 2.69. The van der Waals surface area contributed by atoms with Crippen molar-refractivity contribution in [2.75, 3.05) is 0 Å². The molecular formula is C9H9FN2. The van der Waals surface area contributed by atoms with Crippen LogP contribution in [0.3, 0.4) is 0 Å². The van der Waals surface area contributed by atoms with Crippen molar-refractivity contribution >= 4 is 10.9 Å². The van der Waals surface area contributed by atoms with Gasteiger partial charge in [-0.2, -0.15) is 5.10 Å². The number of halogens is 1. The van der Waals surface area contributed by atoms with E-state index >= 15 is 0 Å². The molecule has 1 aromatic heterocycles. The zero-order valence-electron chi connectivity index (χ0n) is 6.76. The third kappa shape index (κ3) is 0.897. The first-order valence-corrected chi connectivity index (χ1v) is 3.94. The number of nitrogens with zero attached hydrogens (tertiary/aromatic N) is 1. The minimum atomic E-state index is -0.196.